The van der Waals surface area contributed by atoms with E-state index in [1.165, 1.54) is 5.56 Å². The van der Waals surface area contributed by atoms with Gasteiger partial charge in [-0.2, -0.15) is 0 Å². The number of rotatable bonds is 3. The summed E-state index contributed by atoms with van der Waals surface area (Å²) in [6.07, 6.45) is 4.17. The Labute approximate surface area is 119 Å². The molecule has 0 radical (unpaired) electrons. The van der Waals surface area contributed by atoms with E-state index in [4.69, 9.17) is 0 Å². The van der Waals surface area contributed by atoms with Crippen LogP contribution in [0.1, 0.15) is 5.56 Å². The third-order valence-electron chi connectivity index (χ3n) is 2.88. The largest absolute Gasteiger partial charge is 0.241 e. The molecule has 0 N–H and O–H groups in total. The summed E-state index contributed by atoms with van der Waals surface area (Å²) in [5.74, 6) is 0. The van der Waals surface area contributed by atoms with Gasteiger partial charge in [-0.05, 0) is 29.8 Å². The Morgan fingerprint density at radius 3 is 2.68 bits per heavy atom. The monoisotopic (exact) mass is 313 g/mol. The van der Waals surface area contributed by atoms with Crippen LogP contribution in [-0.4, -0.2) is 15.0 Å². The van der Waals surface area contributed by atoms with Gasteiger partial charge in [-0.3, -0.25) is 0 Å². The first-order valence-corrected chi connectivity index (χ1v) is 6.82. The second-order valence-electron chi connectivity index (χ2n) is 4.21. The van der Waals surface area contributed by atoms with E-state index >= 15 is 0 Å². The Hall–Kier alpha value is -1.94. The molecule has 3 aromatic rings. The molecule has 0 fully saturated rings. The quantitative estimate of drug-likeness (QED) is 0.734. The second kappa shape index (κ2) is 5.36. The second-order valence-corrected chi connectivity index (χ2v) is 5.13. The van der Waals surface area contributed by atoms with Crippen molar-refractivity contribution in [3.05, 3.63) is 64.6 Å². The maximum atomic E-state index is 4.15. The Morgan fingerprint density at radius 2 is 1.84 bits per heavy atom. The fourth-order valence-electron chi connectivity index (χ4n) is 1.91. The van der Waals surface area contributed by atoms with Gasteiger partial charge in [0.15, 0.2) is 0 Å². The Balaban J connectivity index is 1.77. The first-order valence-electron chi connectivity index (χ1n) is 6.03. The molecule has 0 saturated carbocycles. The van der Waals surface area contributed by atoms with Crippen molar-refractivity contribution < 1.29 is 0 Å². The number of aromatic nitrogens is 3. The molecule has 0 aliphatic carbocycles. The Morgan fingerprint density at radius 1 is 1.05 bits per heavy atom. The number of nitrogens with zero attached hydrogens (tertiary/aromatic N) is 3. The van der Waals surface area contributed by atoms with E-state index in [9.17, 15) is 0 Å². The third-order valence-corrected chi connectivity index (χ3v) is 3.41. The highest BCUT2D eigenvalue weighted by molar-refractivity contribution is 9.10. The molecule has 3 rings (SSSR count). The van der Waals surface area contributed by atoms with Gasteiger partial charge in [0.25, 0.3) is 0 Å². The molecule has 0 spiro atoms. The minimum atomic E-state index is 0.719. The van der Waals surface area contributed by atoms with Gasteiger partial charge in [0.2, 0.25) is 0 Å². The van der Waals surface area contributed by atoms with E-state index in [0.29, 0.717) is 0 Å². The number of fused-ring (bicyclic) bond motifs is 1. The molecule has 1 aromatic heterocycles. The highest BCUT2D eigenvalue weighted by Gasteiger charge is 2.00. The van der Waals surface area contributed by atoms with Crippen molar-refractivity contribution in [2.24, 2.45) is 0 Å². The molecule has 2 aromatic carbocycles. The summed E-state index contributed by atoms with van der Waals surface area (Å²) in [5, 5.41) is 8.28. The zero-order chi connectivity index (χ0) is 13.1. The summed E-state index contributed by atoms with van der Waals surface area (Å²) in [5.41, 5.74) is 3.16. The van der Waals surface area contributed by atoms with Crippen molar-refractivity contribution >= 4 is 33.0 Å². The van der Waals surface area contributed by atoms with Crippen LogP contribution in [0, 0.1) is 0 Å². The van der Waals surface area contributed by atoms with E-state index in [2.05, 4.69) is 50.5 Å². The molecule has 0 unspecified atom stereocenters. The van der Waals surface area contributed by atoms with Crippen molar-refractivity contribution in [2.45, 2.75) is 6.54 Å². The summed E-state index contributed by atoms with van der Waals surface area (Å²) in [4.78, 5) is 0. The molecule has 1 heterocycles. The molecule has 0 atom stereocenters. The highest BCUT2D eigenvalue weighted by Crippen LogP contribution is 2.12. The van der Waals surface area contributed by atoms with Gasteiger partial charge in [0.05, 0.1) is 12.1 Å². The zero-order valence-corrected chi connectivity index (χ0v) is 11.8. The standard InChI is InChI=1S/C15H12BrN3/c16-13-9-7-12(8-10-13)4-3-11-19-15-6-2-1-5-14(15)17-18-19/h1-10H,11H2/b4-3+. The lowest BCUT2D eigenvalue weighted by Crippen LogP contribution is -1.97. The van der Waals surface area contributed by atoms with Crippen LogP contribution in [-0.2, 0) is 6.54 Å². The summed E-state index contributed by atoms with van der Waals surface area (Å²) >= 11 is 3.43. The average molecular weight is 314 g/mol. The van der Waals surface area contributed by atoms with Crippen molar-refractivity contribution in [1.82, 2.24) is 15.0 Å². The topological polar surface area (TPSA) is 30.7 Å². The highest BCUT2D eigenvalue weighted by atomic mass is 79.9. The van der Waals surface area contributed by atoms with Crippen molar-refractivity contribution in [1.29, 1.82) is 0 Å². The molecular formula is C15H12BrN3. The molecule has 0 saturated heterocycles. The van der Waals surface area contributed by atoms with E-state index in [0.717, 1.165) is 22.1 Å². The summed E-state index contributed by atoms with van der Waals surface area (Å²) in [6, 6.07) is 16.2. The van der Waals surface area contributed by atoms with Crippen LogP contribution in [0.4, 0.5) is 0 Å². The Kier molecular flexibility index (Phi) is 3.42. The third kappa shape index (κ3) is 2.74. The van der Waals surface area contributed by atoms with E-state index in [-0.39, 0.29) is 0 Å². The lowest BCUT2D eigenvalue weighted by atomic mass is 10.2. The van der Waals surface area contributed by atoms with Gasteiger partial charge < -0.3 is 0 Å². The minimum absolute atomic E-state index is 0.719. The predicted molar refractivity (Wildman–Crippen MR) is 80.7 cm³/mol. The number of allylic oxidation sites excluding steroid dienone is 1. The lowest BCUT2D eigenvalue weighted by Gasteiger charge is -1.97. The Bertz CT molecular complexity index is 714. The molecule has 0 aliphatic heterocycles. The molecule has 0 aliphatic rings. The lowest BCUT2D eigenvalue weighted by molar-refractivity contribution is 0.683. The van der Waals surface area contributed by atoms with Gasteiger partial charge >= 0.3 is 0 Å². The molecule has 94 valence electrons. The van der Waals surface area contributed by atoms with Crippen LogP contribution in [0.25, 0.3) is 17.1 Å². The van der Waals surface area contributed by atoms with Gasteiger partial charge in [-0.1, -0.05) is 57.6 Å². The van der Waals surface area contributed by atoms with Crippen molar-refractivity contribution in [2.75, 3.05) is 0 Å². The van der Waals surface area contributed by atoms with E-state index < -0.39 is 0 Å². The van der Waals surface area contributed by atoms with Crippen LogP contribution >= 0.6 is 15.9 Å². The molecule has 0 amide bonds. The molecule has 0 bridgehead atoms. The zero-order valence-electron chi connectivity index (χ0n) is 10.2. The molecule has 3 nitrogen and oxygen atoms in total. The average Bonchev–Trinajstić information content (AvgIpc) is 2.85. The normalized spacial score (nSPS) is 11.4. The summed E-state index contributed by atoms with van der Waals surface area (Å²) in [7, 11) is 0. The van der Waals surface area contributed by atoms with Crippen LogP contribution in [0.15, 0.2) is 59.1 Å². The smallest absolute Gasteiger partial charge is 0.113 e. The minimum Gasteiger partial charge on any atom is -0.241 e. The van der Waals surface area contributed by atoms with Gasteiger partial charge in [-0.25, -0.2) is 4.68 Å². The molecule has 19 heavy (non-hydrogen) atoms. The first kappa shape index (κ1) is 12.1. The first-order chi connectivity index (χ1) is 9.33. The van der Waals surface area contributed by atoms with Crippen molar-refractivity contribution in [3.63, 3.8) is 0 Å². The number of para-hydroxylation sites is 1. The maximum Gasteiger partial charge on any atom is 0.113 e. The van der Waals surface area contributed by atoms with Gasteiger partial charge in [-0.15, -0.1) is 5.10 Å². The molecular weight excluding hydrogens is 302 g/mol. The van der Waals surface area contributed by atoms with Gasteiger partial charge in [0, 0.05) is 4.47 Å². The van der Waals surface area contributed by atoms with E-state index in [1.807, 2.05) is 41.1 Å². The number of hydrogen-bond acceptors (Lipinski definition) is 2. The fraction of sp³-hybridized carbons (Fsp3) is 0.0667. The predicted octanol–water partition coefficient (Wildman–Crippen LogP) is 3.91. The summed E-state index contributed by atoms with van der Waals surface area (Å²) in [6.45, 7) is 0.719. The number of halogens is 1. The van der Waals surface area contributed by atoms with Crippen LogP contribution < -0.4 is 0 Å². The SMILES string of the molecule is Brc1ccc(/C=C/Cn2nnc3ccccc32)cc1. The van der Waals surface area contributed by atoms with Crippen LogP contribution in [0.2, 0.25) is 0 Å². The van der Waals surface area contributed by atoms with Gasteiger partial charge in [0.1, 0.15) is 5.52 Å². The fourth-order valence-corrected chi connectivity index (χ4v) is 2.18. The maximum absolute atomic E-state index is 4.15. The number of hydrogen-bond donors (Lipinski definition) is 0. The number of benzene rings is 2. The van der Waals surface area contributed by atoms with Crippen molar-refractivity contribution in [3.8, 4) is 0 Å². The van der Waals surface area contributed by atoms with Crippen LogP contribution in [0.3, 0.4) is 0 Å². The molecule has 4 heteroatoms. The summed E-state index contributed by atoms with van der Waals surface area (Å²) < 4.78 is 2.98. The van der Waals surface area contributed by atoms with Crippen LogP contribution in [0.5, 0.6) is 0 Å². The van der Waals surface area contributed by atoms with E-state index in [1.54, 1.807) is 0 Å².